The molecule has 0 unspecified atom stereocenters. The topological polar surface area (TPSA) is 46.9 Å². The predicted molar refractivity (Wildman–Crippen MR) is 141 cm³/mol. The average molecular weight is 476 g/mol. The molecule has 186 valence electrons. The Hall–Kier alpha value is -2.83. The molecule has 0 amide bonds. The van der Waals surface area contributed by atoms with Gasteiger partial charge in [0.2, 0.25) is 0 Å². The number of nitrogens with zero attached hydrogens (tertiary/aromatic N) is 3. The van der Waals surface area contributed by atoms with Crippen LogP contribution in [0.4, 0.5) is 5.69 Å². The molecule has 2 aliphatic rings. The number of hydrogen-bond acceptors (Lipinski definition) is 5. The van der Waals surface area contributed by atoms with Gasteiger partial charge in [-0.2, -0.15) is 0 Å². The molecule has 0 saturated heterocycles. The van der Waals surface area contributed by atoms with Crippen LogP contribution in [-0.4, -0.2) is 47.9 Å². The number of anilines is 1. The highest BCUT2D eigenvalue weighted by molar-refractivity contribution is 6.07. The summed E-state index contributed by atoms with van der Waals surface area (Å²) >= 11 is 0. The first-order chi connectivity index (χ1) is 16.5. The predicted octanol–water partition coefficient (Wildman–Crippen LogP) is 5.70. The summed E-state index contributed by atoms with van der Waals surface area (Å²) in [7, 11) is 1.83. The normalized spacial score (nSPS) is 19.2. The monoisotopic (exact) mass is 475 g/mol. The highest BCUT2D eigenvalue weighted by Gasteiger charge is 2.37. The van der Waals surface area contributed by atoms with Gasteiger partial charge in [0.25, 0.3) is 0 Å². The summed E-state index contributed by atoms with van der Waals surface area (Å²) in [5.41, 5.74) is 8.58. The van der Waals surface area contributed by atoms with Crippen LogP contribution in [0.2, 0.25) is 0 Å². The minimum absolute atomic E-state index is 0.370. The van der Waals surface area contributed by atoms with Crippen molar-refractivity contribution in [3.05, 3.63) is 52.7 Å². The van der Waals surface area contributed by atoms with Crippen LogP contribution in [0.1, 0.15) is 55.7 Å². The largest absolute Gasteiger partial charge is 0.368 e. The first-order valence-corrected chi connectivity index (χ1v) is 12.6. The van der Waals surface area contributed by atoms with Crippen LogP contribution >= 0.6 is 0 Å². The lowest BCUT2D eigenvalue weighted by Gasteiger charge is -2.35. The lowest BCUT2D eigenvalue weighted by Crippen LogP contribution is -2.34. The van der Waals surface area contributed by atoms with Gasteiger partial charge in [-0.05, 0) is 70.7 Å². The standard InChI is InChI=1S/C29H37N3O3/c1-18-9-11-21(12-10-18)24-22-17-19(2)32-16-15-31-14-8-13-30(7)35-28(33)27(34-29(4,5)6)23(24)20(3)25(31)26(22)32/h9-12,17,27H,8,13-16H2,1-7H3/t27-/m0/s1. The fourth-order valence-electron chi connectivity index (χ4n) is 5.66. The summed E-state index contributed by atoms with van der Waals surface area (Å²) in [6.07, 6.45) is 0.0597. The highest BCUT2D eigenvalue weighted by atomic mass is 16.7. The van der Waals surface area contributed by atoms with E-state index in [0.717, 1.165) is 48.3 Å². The van der Waals surface area contributed by atoms with E-state index >= 15 is 0 Å². The molecule has 0 N–H and O–H groups in total. The third kappa shape index (κ3) is 4.23. The molecule has 35 heavy (non-hydrogen) atoms. The zero-order valence-corrected chi connectivity index (χ0v) is 22.1. The molecular weight excluding hydrogens is 438 g/mol. The number of ether oxygens (including phenoxy) is 1. The van der Waals surface area contributed by atoms with Crippen LogP contribution in [0.15, 0.2) is 30.3 Å². The highest BCUT2D eigenvalue weighted by Crippen LogP contribution is 2.48. The smallest absolute Gasteiger partial charge is 0.358 e. The van der Waals surface area contributed by atoms with Gasteiger partial charge in [-0.1, -0.05) is 29.8 Å². The minimum Gasteiger partial charge on any atom is -0.368 e. The van der Waals surface area contributed by atoms with Crippen molar-refractivity contribution in [3.8, 4) is 11.1 Å². The molecule has 0 fully saturated rings. The molecule has 1 atom stereocenters. The van der Waals surface area contributed by atoms with Crippen LogP contribution in [-0.2, 0) is 20.9 Å². The lowest BCUT2D eigenvalue weighted by molar-refractivity contribution is -0.204. The first kappa shape index (κ1) is 23.9. The van der Waals surface area contributed by atoms with Gasteiger partial charge < -0.3 is 19.0 Å². The molecule has 6 heteroatoms. The molecule has 0 spiro atoms. The van der Waals surface area contributed by atoms with Crippen molar-refractivity contribution < 1.29 is 14.4 Å². The summed E-state index contributed by atoms with van der Waals surface area (Å²) in [5, 5.41) is 2.83. The van der Waals surface area contributed by atoms with E-state index in [1.54, 1.807) is 5.06 Å². The van der Waals surface area contributed by atoms with E-state index in [4.69, 9.17) is 9.57 Å². The maximum absolute atomic E-state index is 13.7. The van der Waals surface area contributed by atoms with E-state index in [1.807, 2.05) is 27.8 Å². The zero-order valence-electron chi connectivity index (χ0n) is 22.1. The van der Waals surface area contributed by atoms with Crippen molar-refractivity contribution in [1.29, 1.82) is 0 Å². The van der Waals surface area contributed by atoms with Crippen LogP contribution < -0.4 is 4.90 Å². The van der Waals surface area contributed by atoms with Crippen LogP contribution in [0.5, 0.6) is 0 Å². The number of benzene rings is 2. The fourth-order valence-corrected chi connectivity index (χ4v) is 5.66. The Morgan fingerprint density at radius 1 is 1.00 bits per heavy atom. The third-order valence-electron chi connectivity index (χ3n) is 7.17. The summed E-state index contributed by atoms with van der Waals surface area (Å²) in [6, 6.07) is 10.9. The van der Waals surface area contributed by atoms with Crippen molar-refractivity contribution in [2.75, 3.05) is 31.6 Å². The molecular formula is C29H37N3O3. The van der Waals surface area contributed by atoms with Crippen molar-refractivity contribution in [1.82, 2.24) is 9.63 Å². The van der Waals surface area contributed by atoms with Crippen molar-refractivity contribution in [3.63, 3.8) is 0 Å². The second kappa shape index (κ2) is 8.68. The third-order valence-corrected chi connectivity index (χ3v) is 7.17. The molecule has 2 aliphatic heterocycles. The van der Waals surface area contributed by atoms with E-state index in [-0.39, 0.29) is 5.97 Å². The van der Waals surface area contributed by atoms with Gasteiger partial charge in [-0.25, -0.2) is 4.79 Å². The summed E-state index contributed by atoms with van der Waals surface area (Å²) in [6.45, 7) is 15.9. The molecule has 3 aromatic rings. The quantitative estimate of drug-likeness (QED) is 0.476. The van der Waals surface area contributed by atoms with Crippen molar-refractivity contribution >= 4 is 22.6 Å². The van der Waals surface area contributed by atoms with Gasteiger partial charge in [-0.15, -0.1) is 5.06 Å². The maximum atomic E-state index is 13.7. The van der Waals surface area contributed by atoms with E-state index in [9.17, 15) is 4.79 Å². The molecule has 3 heterocycles. The second-order valence-electron chi connectivity index (χ2n) is 11.0. The molecule has 2 aromatic carbocycles. The number of rotatable bonds is 2. The number of carbonyl (C=O) groups excluding carboxylic acids is 1. The Kier molecular flexibility index (Phi) is 5.93. The van der Waals surface area contributed by atoms with E-state index in [2.05, 4.69) is 60.6 Å². The Morgan fingerprint density at radius 3 is 2.40 bits per heavy atom. The Morgan fingerprint density at radius 2 is 1.71 bits per heavy atom. The summed E-state index contributed by atoms with van der Waals surface area (Å²) in [4.78, 5) is 22.1. The lowest BCUT2D eigenvalue weighted by atomic mass is 9.87. The molecule has 6 nitrogen and oxygen atoms in total. The SMILES string of the molecule is Cc1ccc(-c2c3c(C)c4c5c2cc(C)n5CCN4CCCN(C)OC(=O)[C@H]3OC(C)(C)C)cc1. The van der Waals surface area contributed by atoms with Crippen LogP contribution in [0.25, 0.3) is 22.0 Å². The molecule has 0 aliphatic carbocycles. The molecule has 0 radical (unpaired) electrons. The maximum Gasteiger partial charge on any atom is 0.358 e. The number of hydrogen-bond donors (Lipinski definition) is 0. The van der Waals surface area contributed by atoms with E-state index in [1.165, 1.54) is 27.8 Å². The van der Waals surface area contributed by atoms with Gasteiger partial charge in [0.05, 0.1) is 16.8 Å². The number of fused-ring (bicyclic) bond motifs is 1. The Balaban J connectivity index is 1.90. The van der Waals surface area contributed by atoms with E-state index < -0.39 is 11.7 Å². The van der Waals surface area contributed by atoms with Gasteiger partial charge in [0, 0.05) is 49.9 Å². The second-order valence-corrected chi connectivity index (χ2v) is 11.0. The van der Waals surface area contributed by atoms with Crippen LogP contribution in [0.3, 0.4) is 0 Å². The van der Waals surface area contributed by atoms with Crippen LogP contribution in [0, 0.1) is 20.8 Å². The van der Waals surface area contributed by atoms with Crippen molar-refractivity contribution in [2.45, 2.75) is 66.2 Å². The first-order valence-electron chi connectivity index (χ1n) is 12.6. The number of aromatic nitrogens is 1. The molecule has 2 bridgehead atoms. The van der Waals surface area contributed by atoms with Gasteiger partial charge >= 0.3 is 5.97 Å². The average Bonchev–Trinajstić information content (AvgIpc) is 3.10. The minimum atomic E-state index is -0.847. The number of hydroxylamine groups is 2. The van der Waals surface area contributed by atoms with Gasteiger partial charge in [-0.3, -0.25) is 0 Å². The Labute approximate surface area is 208 Å². The van der Waals surface area contributed by atoms with Crippen molar-refractivity contribution in [2.24, 2.45) is 0 Å². The fraction of sp³-hybridized carbons (Fsp3) is 0.483. The van der Waals surface area contributed by atoms with Gasteiger partial charge in [0.1, 0.15) is 0 Å². The zero-order chi connectivity index (χ0) is 25.1. The molecule has 5 rings (SSSR count). The Bertz CT molecular complexity index is 1280. The number of aryl methyl sites for hydroxylation is 2. The summed E-state index contributed by atoms with van der Waals surface area (Å²) < 4.78 is 8.97. The van der Waals surface area contributed by atoms with E-state index in [0.29, 0.717) is 6.54 Å². The van der Waals surface area contributed by atoms with Gasteiger partial charge in [0.15, 0.2) is 6.10 Å². The molecule has 0 saturated carbocycles. The summed E-state index contributed by atoms with van der Waals surface area (Å²) in [5.74, 6) is -0.370. The molecule has 1 aromatic heterocycles. The number of carbonyl (C=O) groups is 1.